The van der Waals surface area contributed by atoms with Crippen molar-refractivity contribution in [3.05, 3.63) is 24.3 Å². The van der Waals surface area contributed by atoms with Crippen molar-refractivity contribution >= 4 is 37.5 Å². The van der Waals surface area contributed by atoms with Gasteiger partial charge in [0, 0.05) is 31.0 Å². The van der Waals surface area contributed by atoms with E-state index in [4.69, 9.17) is 0 Å². The number of hydrogen-bond acceptors (Lipinski definition) is 3. The number of benzene rings is 1. The summed E-state index contributed by atoms with van der Waals surface area (Å²) in [6, 6.07) is 6.23. The lowest BCUT2D eigenvalue weighted by Crippen LogP contribution is -2.37. The van der Waals surface area contributed by atoms with Crippen LogP contribution in [0.5, 0.6) is 0 Å². The molecular weight excluding hydrogens is 356 g/mol. The topological polar surface area (TPSA) is 66.5 Å². The monoisotopic (exact) mass is 374 g/mol. The van der Waals surface area contributed by atoms with Crippen LogP contribution in [0, 0.1) is 5.92 Å². The van der Waals surface area contributed by atoms with Gasteiger partial charge >= 0.3 is 0 Å². The number of amides is 1. The van der Waals surface area contributed by atoms with E-state index in [1.165, 1.54) is 23.4 Å². The molecule has 1 aliphatic carbocycles. The molecule has 1 amide bonds. The van der Waals surface area contributed by atoms with Crippen LogP contribution in [0.3, 0.4) is 0 Å². The predicted octanol–water partition coefficient (Wildman–Crippen LogP) is 2.44. The Labute approximate surface area is 133 Å². The van der Waals surface area contributed by atoms with Crippen LogP contribution in [0.2, 0.25) is 0 Å². The van der Waals surface area contributed by atoms with E-state index in [0.717, 1.165) is 12.8 Å². The van der Waals surface area contributed by atoms with Crippen LogP contribution in [-0.2, 0) is 14.8 Å². The van der Waals surface area contributed by atoms with Crippen molar-refractivity contribution in [2.75, 3.05) is 18.9 Å². The summed E-state index contributed by atoms with van der Waals surface area (Å²) < 4.78 is 26.3. The maximum Gasteiger partial charge on any atom is 0.242 e. The van der Waals surface area contributed by atoms with Gasteiger partial charge in [-0.25, -0.2) is 12.7 Å². The lowest BCUT2D eigenvalue weighted by atomic mass is 9.85. The molecule has 0 aromatic heterocycles. The number of nitrogens with zero attached hydrogens (tertiary/aromatic N) is 1. The summed E-state index contributed by atoms with van der Waals surface area (Å²) in [4.78, 5) is 11.7. The molecule has 1 N–H and O–H groups in total. The maximum atomic E-state index is 12.4. The molecule has 1 saturated carbocycles. The molecule has 0 spiro atoms. The van der Waals surface area contributed by atoms with Crippen molar-refractivity contribution in [3.63, 3.8) is 0 Å². The number of sulfonamides is 1. The SMILES string of the molecule is CC(=O)Nc1ccc(S(=O)(=O)N(C)CC2CC(Br)C2)cc1. The van der Waals surface area contributed by atoms with Crippen LogP contribution >= 0.6 is 15.9 Å². The summed E-state index contributed by atoms with van der Waals surface area (Å²) in [5.74, 6) is 0.241. The molecular formula is C14H19BrN2O3S. The second kappa shape index (κ2) is 6.46. The standard InChI is InChI=1S/C14H19BrN2O3S/c1-10(18)16-13-3-5-14(6-4-13)21(19,20)17(2)9-11-7-12(15)8-11/h3-6,11-12H,7-9H2,1-2H3,(H,16,18). The lowest BCUT2D eigenvalue weighted by molar-refractivity contribution is -0.114. The fourth-order valence-corrected chi connectivity index (χ4v) is 4.66. The first-order chi connectivity index (χ1) is 9.79. The van der Waals surface area contributed by atoms with Gasteiger partial charge in [-0.2, -0.15) is 0 Å². The van der Waals surface area contributed by atoms with E-state index in [0.29, 0.717) is 23.0 Å². The van der Waals surface area contributed by atoms with E-state index in [-0.39, 0.29) is 10.8 Å². The number of carbonyl (C=O) groups is 1. The highest BCUT2D eigenvalue weighted by Crippen LogP contribution is 2.34. The van der Waals surface area contributed by atoms with Crippen molar-refractivity contribution in [1.29, 1.82) is 0 Å². The smallest absolute Gasteiger partial charge is 0.242 e. The first-order valence-electron chi connectivity index (χ1n) is 6.77. The van der Waals surface area contributed by atoms with Gasteiger partial charge in [0.2, 0.25) is 15.9 Å². The Morgan fingerprint density at radius 2 is 1.90 bits per heavy atom. The van der Waals surface area contributed by atoms with Crippen molar-refractivity contribution < 1.29 is 13.2 Å². The largest absolute Gasteiger partial charge is 0.326 e. The van der Waals surface area contributed by atoms with Crippen LogP contribution in [-0.4, -0.2) is 37.0 Å². The fourth-order valence-electron chi connectivity index (χ4n) is 2.36. The molecule has 0 unspecified atom stereocenters. The fraction of sp³-hybridized carbons (Fsp3) is 0.500. The summed E-state index contributed by atoms with van der Waals surface area (Å²) in [7, 11) is -1.86. The minimum Gasteiger partial charge on any atom is -0.326 e. The quantitative estimate of drug-likeness (QED) is 0.804. The second-order valence-corrected chi connectivity index (χ2v) is 8.77. The average molecular weight is 375 g/mol. The molecule has 0 bridgehead atoms. The maximum absolute atomic E-state index is 12.4. The van der Waals surface area contributed by atoms with Gasteiger partial charge in [0.05, 0.1) is 4.90 Å². The molecule has 116 valence electrons. The van der Waals surface area contributed by atoms with Crippen LogP contribution in [0.1, 0.15) is 19.8 Å². The highest BCUT2D eigenvalue weighted by Gasteiger charge is 2.31. The first kappa shape index (κ1) is 16.5. The Hall–Kier alpha value is -0.920. The van der Waals surface area contributed by atoms with E-state index < -0.39 is 10.0 Å². The van der Waals surface area contributed by atoms with Gasteiger partial charge in [-0.3, -0.25) is 4.79 Å². The third kappa shape index (κ3) is 4.05. The van der Waals surface area contributed by atoms with Gasteiger partial charge in [-0.05, 0) is 43.0 Å². The van der Waals surface area contributed by atoms with E-state index in [1.807, 2.05) is 0 Å². The van der Waals surface area contributed by atoms with Gasteiger partial charge in [0.15, 0.2) is 0 Å². The van der Waals surface area contributed by atoms with Crippen molar-refractivity contribution in [3.8, 4) is 0 Å². The number of nitrogens with one attached hydrogen (secondary N) is 1. The molecule has 1 aromatic rings. The molecule has 5 nitrogen and oxygen atoms in total. The Balaban J connectivity index is 2.05. The normalized spacial score (nSPS) is 21.9. The molecule has 0 radical (unpaired) electrons. The van der Waals surface area contributed by atoms with E-state index in [2.05, 4.69) is 21.2 Å². The van der Waals surface area contributed by atoms with Gasteiger partial charge in [0.25, 0.3) is 0 Å². The van der Waals surface area contributed by atoms with Crippen LogP contribution < -0.4 is 5.32 Å². The predicted molar refractivity (Wildman–Crippen MR) is 86.0 cm³/mol. The van der Waals surface area contributed by atoms with Crippen LogP contribution in [0.4, 0.5) is 5.69 Å². The van der Waals surface area contributed by atoms with E-state index >= 15 is 0 Å². The number of carbonyl (C=O) groups excluding carboxylic acids is 1. The summed E-state index contributed by atoms with van der Waals surface area (Å²) in [6.07, 6.45) is 2.03. The zero-order valence-corrected chi connectivity index (χ0v) is 14.4. The Morgan fingerprint density at radius 3 is 2.38 bits per heavy atom. The Bertz CT molecular complexity index is 610. The van der Waals surface area contributed by atoms with Gasteiger partial charge in [-0.1, -0.05) is 15.9 Å². The van der Waals surface area contributed by atoms with E-state index in [1.54, 1.807) is 19.2 Å². The zero-order chi connectivity index (χ0) is 15.6. The highest BCUT2D eigenvalue weighted by molar-refractivity contribution is 9.09. The third-order valence-electron chi connectivity index (χ3n) is 3.58. The minimum absolute atomic E-state index is 0.183. The summed E-state index contributed by atoms with van der Waals surface area (Å²) >= 11 is 3.51. The second-order valence-electron chi connectivity index (χ2n) is 5.43. The molecule has 0 atom stereocenters. The van der Waals surface area contributed by atoms with Crippen LogP contribution in [0.15, 0.2) is 29.2 Å². The lowest BCUT2D eigenvalue weighted by Gasteiger charge is -2.34. The molecule has 21 heavy (non-hydrogen) atoms. The molecule has 0 aliphatic heterocycles. The minimum atomic E-state index is -3.47. The Kier molecular flexibility index (Phi) is 5.06. The number of halogens is 1. The molecule has 1 fully saturated rings. The Morgan fingerprint density at radius 1 is 1.33 bits per heavy atom. The van der Waals surface area contributed by atoms with Crippen molar-refractivity contribution in [2.45, 2.75) is 29.5 Å². The van der Waals surface area contributed by atoms with E-state index in [9.17, 15) is 13.2 Å². The molecule has 0 saturated heterocycles. The van der Waals surface area contributed by atoms with Crippen molar-refractivity contribution in [2.24, 2.45) is 5.92 Å². The number of hydrogen-bond donors (Lipinski definition) is 1. The summed E-state index contributed by atoms with van der Waals surface area (Å²) in [5.41, 5.74) is 0.588. The molecule has 2 rings (SSSR count). The first-order valence-corrected chi connectivity index (χ1v) is 9.12. The zero-order valence-electron chi connectivity index (χ0n) is 12.0. The van der Waals surface area contributed by atoms with Gasteiger partial charge in [0.1, 0.15) is 0 Å². The number of anilines is 1. The molecule has 1 aliphatic rings. The average Bonchev–Trinajstić information content (AvgIpc) is 2.36. The van der Waals surface area contributed by atoms with Crippen molar-refractivity contribution in [1.82, 2.24) is 4.31 Å². The third-order valence-corrected chi connectivity index (χ3v) is 6.16. The highest BCUT2D eigenvalue weighted by atomic mass is 79.9. The number of rotatable bonds is 5. The van der Waals surface area contributed by atoms with Gasteiger partial charge < -0.3 is 5.32 Å². The summed E-state index contributed by atoms with van der Waals surface area (Å²) in [5, 5.41) is 2.62. The molecule has 7 heteroatoms. The summed E-state index contributed by atoms with van der Waals surface area (Å²) in [6.45, 7) is 1.95. The molecule has 1 aromatic carbocycles. The molecule has 0 heterocycles. The van der Waals surface area contributed by atoms with Crippen LogP contribution in [0.25, 0.3) is 0 Å². The number of alkyl halides is 1. The van der Waals surface area contributed by atoms with Gasteiger partial charge in [-0.15, -0.1) is 0 Å².